The summed E-state index contributed by atoms with van der Waals surface area (Å²) in [5.41, 5.74) is 4.24. The summed E-state index contributed by atoms with van der Waals surface area (Å²) < 4.78 is 20.1. The highest BCUT2D eigenvalue weighted by Gasteiger charge is 2.19. The Morgan fingerprint density at radius 2 is 1.44 bits per heavy atom. The van der Waals surface area contributed by atoms with Crippen LogP contribution in [0.2, 0.25) is 0 Å². The van der Waals surface area contributed by atoms with Crippen LogP contribution in [0.25, 0.3) is 22.5 Å². The molecule has 0 radical (unpaired) electrons. The topological polar surface area (TPSA) is 48.8 Å². The van der Waals surface area contributed by atoms with Crippen molar-refractivity contribution in [3.8, 4) is 28.3 Å². The molecule has 36 heavy (non-hydrogen) atoms. The third-order valence-electron chi connectivity index (χ3n) is 6.34. The van der Waals surface area contributed by atoms with Crippen LogP contribution in [0.5, 0.6) is 5.75 Å². The van der Waals surface area contributed by atoms with E-state index < -0.39 is 0 Å². The van der Waals surface area contributed by atoms with E-state index in [1.807, 2.05) is 54.6 Å². The van der Waals surface area contributed by atoms with Gasteiger partial charge in [0.05, 0.1) is 37.8 Å². The van der Waals surface area contributed by atoms with E-state index >= 15 is 0 Å². The zero-order valence-electron chi connectivity index (χ0n) is 20.5. The molecule has 1 fully saturated rings. The van der Waals surface area contributed by atoms with Gasteiger partial charge in [-0.15, -0.1) is 0 Å². The minimum absolute atomic E-state index is 0.155. The molecule has 3 aromatic carbocycles. The highest BCUT2D eigenvalue weighted by atomic mass is 16.5. The Kier molecular flexibility index (Phi) is 8.42. The van der Waals surface area contributed by atoms with Crippen LogP contribution < -0.4 is 4.74 Å². The molecule has 6 nitrogen and oxygen atoms in total. The molecule has 0 spiro atoms. The van der Waals surface area contributed by atoms with Gasteiger partial charge in [-0.3, -0.25) is 9.58 Å². The summed E-state index contributed by atoms with van der Waals surface area (Å²) in [6, 6.07) is 32.8. The lowest BCUT2D eigenvalue weighted by molar-refractivity contribution is -0.0184. The van der Waals surface area contributed by atoms with E-state index in [2.05, 4.69) is 52.0 Å². The molecule has 1 aromatic heterocycles. The Morgan fingerprint density at radius 1 is 0.806 bits per heavy atom. The minimum Gasteiger partial charge on any atom is -0.491 e. The van der Waals surface area contributed by atoms with Gasteiger partial charge in [0.1, 0.15) is 18.5 Å². The molecule has 1 saturated heterocycles. The molecule has 1 atom stereocenters. The van der Waals surface area contributed by atoms with Gasteiger partial charge in [-0.1, -0.05) is 78.9 Å². The molecule has 2 heterocycles. The molecule has 0 saturated carbocycles. The van der Waals surface area contributed by atoms with Crippen LogP contribution in [-0.2, 0) is 16.0 Å². The summed E-state index contributed by atoms with van der Waals surface area (Å²) in [7, 11) is 0. The second-order valence-electron chi connectivity index (χ2n) is 8.90. The normalized spacial score (nSPS) is 15.0. The lowest BCUT2D eigenvalue weighted by Gasteiger charge is -2.27. The fraction of sp³-hybridized carbons (Fsp3) is 0.300. The number of ether oxygens (including phenoxy) is 3. The Morgan fingerprint density at radius 3 is 2.14 bits per heavy atom. The van der Waals surface area contributed by atoms with Crippen molar-refractivity contribution < 1.29 is 14.2 Å². The maximum atomic E-state index is 6.41. The first-order valence-electron chi connectivity index (χ1n) is 12.6. The smallest absolute Gasteiger partial charge is 0.119 e. The van der Waals surface area contributed by atoms with E-state index in [9.17, 15) is 0 Å². The van der Waals surface area contributed by atoms with E-state index in [0.717, 1.165) is 61.1 Å². The van der Waals surface area contributed by atoms with Crippen LogP contribution in [-0.4, -0.2) is 66.8 Å². The number of nitrogens with zero attached hydrogens (tertiary/aromatic N) is 3. The monoisotopic (exact) mass is 483 g/mol. The molecule has 0 bridgehead atoms. The van der Waals surface area contributed by atoms with Crippen molar-refractivity contribution in [2.45, 2.75) is 12.6 Å². The SMILES string of the molecule is c1ccc(OCC(Cn2nc(-c3ccccc3)cc2-c2ccccc2)OCCN2CCOCC2)cc1. The molecule has 1 aliphatic heterocycles. The van der Waals surface area contributed by atoms with Crippen molar-refractivity contribution in [1.29, 1.82) is 0 Å². The van der Waals surface area contributed by atoms with Gasteiger partial charge < -0.3 is 14.2 Å². The van der Waals surface area contributed by atoms with Crippen molar-refractivity contribution >= 4 is 0 Å². The molecule has 0 aliphatic carbocycles. The van der Waals surface area contributed by atoms with Crippen LogP contribution in [0, 0.1) is 0 Å². The average Bonchev–Trinajstić information content (AvgIpc) is 3.37. The van der Waals surface area contributed by atoms with E-state index in [-0.39, 0.29) is 6.10 Å². The quantitative estimate of drug-likeness (QED) is 0.300. The molecular formula is C30H33N3O3. The number of rotatable bonds is 11. The number of benzene rings is 3. The number of para-hydroxylation sites is 1. The van der Waals surface area contributed by atoms with E-state index in [1.54, 1.807) is 0 Å². The van der Waals surface area contributed by atoms with Crippen molar-refractivity contribution in [1.82, 2.24) is 14.7 Å². The van der Waals surface area contributed by atoms with Gasteiger partial charge >= 0.3 is 0 Å². The van der Waals surface area contributed by atoms with Gasteiger partial charge in [0.2, 0.25) is 0 Å². The molecule has 186 valence electrons. The largest absolute Gasteiger partial charge is 0.491 e. The third kappa shape index (κ3) is 6.61. The Labute approximate surface area is 213 Å². The maximum Gasteiger partial charge on any atom is 0.119 e. The first-order chi connectivity index (χ1) is 17.8. The highest BCUT2D eigenvalue weighted by molar-refractivity contribution is 5.68. The first-order valence-corrected chi connectivity index (χ1v) is 12.6. The number of aromatic nitrogens is 2. The Hall–Kier alpha value is -3.45. The van der Waals surface area contributed by atoms with Gasteiger partial charge in [0, 0.05) is 25.2 Å². The summed E-state index contributed by atoms with van der Waals surface area (Å²) in [6.07, 6.45) is -0.155. The lowest BCUT2D eigenvalue weighted by Crippen LogP contribution is -2.39. The predicted octanol–water partition coefficient (Wildman–Crippen LogP) is 5.01. The molecular weight excluding hydrogens is 450 g/mol. The predicted molar refractivity (Wildman–Crippen MR) is 142 cm³/mol. The number of morpholine rings is 1. The molecule has 0 N–H and O–H groups in total. The standard InChI is InChI=1S/C30H33N3O3/c1-4-10-25(11-5-1)29-22-30(26-12-6-2-7-13-26)33(31-29)23-28(24-36-27-14-8-3-9-15-27)35-21-18-32-16-19-34-20-17-32/h1-15,22,28H,16-21,23-24H2. The molecule has 6 heteroatoms. The second kappa shape index (κ2) is 12.5. The third-order valence-corrected chi connectivity index (χ3v) is 6.34. The Balaban J connectivity index is 1.36. The van der Waals surface area contributed by atoms with Crippen LogP contribution in [0.3, 0.4) is 0 Å². The molecule has 4 aromatic rings. The van der Waals surface area contributed by atoms with Gasteiger partial charge in [-0.2, -0.15) is 5.10 Å². The summed E-state index contributed by atoms with van der Waals surface area (Å²) >= 11 is 0. The maximum absolute atomic E-state index is 6.41. The zero-order chi connectivity index (χ0) is 24.4. The summed E-state index contributed by atoms with van der Waals surface area (Å²) in [5, 5.41) is 5.00. The van der Waals surface area contributed by atoms with Crippen molar-refractivity contribution in [3.05, 3.63) is 97.1 Å². The van der Waals surface area contributed by atoms with Crippen LogP contribution in [0.15, 0.2) is 97.1 Å². The van der Waals surface area contributed by atoms with E-state index in [4.69, 9.17) is 19.3 Å². The van der Waals surface area contributed by atoms with Gasteiger partial charge in [-0.05, 0) is 23.8 Å². The summed E-state index contributed by atoms with van der Waals surface area (Å²) in [4.78, 5) is 2.38. The molecule has 1 unspecified atom stereocenters. The minimum atomic E-state index is -0.155. The van der Waals surface area contributed by atoms with E-state index in [1.165, 1.54) is 0 Å². The van der Waals surface area contributed by atoms with Crippen LogP contribution in [0.4, 0.5) is 0 Å². The van der Waals surface area contributed by atoms with Gasteiger partial charge in [0.15, 0.2) is 0 Å². The van der Waals surface area contributed by atoms with Crippen LogP contribution >= 0.6 is 0 Å². The molecule has 0 amide bonds. The molecule has 5 rings (SSSR count). The average molecular weight is 484 g/mol. The van der Waals surface area contributed by atoms with Crippen molar-refractivity contribution in [2.75, 3.05) is 46.1 Å². The fourth-order valence-electron chi connectivity index (χ4n) is 4.37. The van der Waals surface area contributed by atoms with Crippen molar-refractivity contribution in [3.63, 3.8) is 0 Å². The van der Waals surface area contributed by atoms with Gasteiger partial charge in [-0.25, -0.2) is 0 Å². The number of hydrogen-bond acceptors (Lipinski definition) is 5. The highest BCUT2D eigenvalue weighted by Crippen LogP contribution is 2.26. The fourth-order valence-corrected chi connectivity index (χ4v) is 4.37. The van der Waals surface area contributed by atoms with E-state index in [0.29, 0.717) is 19.8 Å². The lowest BCUT2D eigenvalue weighted by atomic mass is 10.1. The summed E-state index contributed by atoms with van der Waals surface area (Å²) in [5.74, 6) is 0.841. The molecule has 1 aliphatic rings. The second-order valence-corrected chi connectivity index (χ2v) is 8.90. The van der Waals surface area contributed by atoms with Crippen molar-refractivity contribution in [2.24, 2.45) is 0 Å². The Bertz CT molecular complexity index is 1180. The zero-order valence-corrected chi connectivity index (χ0v) is 20.5. The summed E-state index contributed by atoms with van der Waals surface area (Å²) in [6.45, 7) is 6.03. The van der Waals surface area contributed by atoms with Crippen LogP contribution in [0.1, 0.15) is 0 Å². The number of hydrogen-bond donors (Lipinski definition) is 0. The van der Waals surface area contributed by atoms with Gasteiger partial charge in [0.25, 0.3) is 0 Å². The first kappa shape index (κ1) is 24.3.